The second-order valence-corrected chi connectivity index (χ2v) is 9.64. The van der Waals surface area contributed by atoms with E-state index in [0.717, 1.165) is 17.8 Å². The van der Waals surface area contributed by atoms with Crippen molar-refractivity contribution in [2.75, 3.05) is 25.7 Å². The van der Waals surface area contributed by atoms with E-state index in [1.165, 1.54) is 11.1 Å². The van der Waals surface area contributed by atoms with Crippen LogP contribution in [0.2, 0.25) is 0 Å². The number of nitriles is 1. The van der Waals surface area contributed by atoms with Crippen molar-refractivity contribution in [1.82, 2.24) is 3.96 Å². The van der Waals surface area contributed by atoms with Crippen LogP contribution in [0.3, 0.4) is 0 Å². The molecular weight excluding hydrogens is 412 g/mol. The third-order valence-electron chi connectivity index (χ3n) is 4.37. The summed E-state index contributed by atoms with van der Waals surface area (Å²) < 4.78 is 37.2. The van der Waals surface area contributed by atoms with Crippen molar-refractivity contribution in [2.24, 2.45) is 0 Å². The van der Waals surface area contributed by atoms with Gasteiger partial charge in [0, 0.05) is 6.26 Å². The number of ether oxygens (including phenoxy) is 2. The topological polar surface area (TPSA) is 98.4 Å². The predicted molar refractivity (Wildman–Crippen MR) is 113 cm³/mol. The molecule has 0 spiro atoms. The molecule has 1 aromatic heterocycles. The highest BCUT2D eigenvalue weighted by molar-refractivity contribution is 7.90. The maximum absolute atomic E-state index is 13.0. The molecule has 9 heteroatoms. The Morgan fingerprint density at radius 3 is 2.62 bits per heavy atom. The van der Waals surface area contributed by atoms with Gasteiger partial charge in [-0.05, 0) is 36.8 Å². The maximum atomic E-state index is 13.0. The van der Waals surface area contributed by atoms with E-state index in [-0.39, 0.29) is 11.3 Å². The SMILES string of the molecule is CCOc1cc([C@@H](CS(C)(=O)=O)n2sc3c(C#N)cccc3c2=O)ccc1OC. The van der Waals surface area contributed by atoms with E-state index in [9.17, 15) is 18.5 Å². The van der Waals surface area contributed by atoms with Crippen LogP contribution in [0.25, 0.3) is 10.1 Å². The summed E-state index contributed by atoms with van der Waals surface area (Å²) in [6.45, 7) is 2.24. The highest BCUT2D eigenvalue weighted by atomic mass is 32.2. The van der Waals surface area contributed by atoms with Gasteiger partial charge >= 0.3 is 0 Å². The van der Waals surface area contributed by atoms with Crippen LogP contribution in [0, 0.1) is 11.3 Å². The predicted octanol–water partition coefficient (Wildman–Crippen LogP) is 2.98. The van der Waals surface area contributed by atoms with Gasteiger partial charge in [0.15, 0.2) is 11.5 Å². The molecule has 29 heavy (non-hydrogen) atoms. The summed E-state index contributed by atoms with van der Waals surface area (Å²) in [6, 6.07) is 11.3. The number of methoxy groups -OCH3 is 1. The minimum absolute atomic E-state index is 0.264. The largest absolute Gasteiger partial charge is 0.493 e. The number of hydrogen-bond donors (Lipinski definition) is 0. The van der Waals surface area contributed by atoms with Crippen LogP contribution in [-0.4, -0.2) is 38.1 Å². The summed E-state index contributed by atoms with van der Waals surface area (Å²) in [5.74, 6) is 0.724. The third kappa shape index (κ3) is 4.28. The molecule has 0 aliphatic rings. The number of fused-ring (bicyclic) bond motifs is 1. The van der Waals surface area contributed by atoms with Crippen molar-refractivity contribution in [2.45, 2.75) is 13.0 Å². The van der Waals surface area contributed by atoms with E-state index < -0.39 is 15.9 Å². The Labute approximate surface area is 172 Å². The molecule has 0 radical (unpaired) electrons. The summed E-state index contributed by atoms with van der Waals surface area (Å²) in [7, 11) is -1.90. The zero-order valence-corrected chi connectivity index (χ0v) is 17.8. The first-order valence-corrected chi connectivity index (χ1v) is 11.7. The smallest absolute Gasteiger partial charge is 0.269 e. The Bertz CT molecular complexity index is 1250. The second kappa shape index (κ2) is 8.27. The Hall–Kier alpha value is -2.83. The zero-order valence-electron chi connectivity index (χ0n) is 16.2. The minimum atomic E-state index is -3.42. The number of rotatable bonds is 7. The van der Waals surface area contributed by atoms with Crippen molar-refractivity contribution >= 4 is 31.5 Å². The third-order valence-corrected chi connectivity index (χ3v) is 6.53. The molecule has 2 aromatic carbocycles. The molecule has 7 nitrogen and oxygen atoms in total. The number of hydrogen-bond acceptors (Lipinski definition) is 7. The van der Waals surface area contributed by atoms with E-state index >= 15 is 0 Å². The summed E-state index contributed by atoms with van der Waals surface area (Å²) in [6.07, 6.45) is 1.13. The summed E-state index contributed by atoms with van der Waals surface area (Å²) in [5, 5.41) is 9.74. The van der Waals surface area contributed by atoms with Gasteiger partial charge in [0.25, 0.3) is 5.56 Å². The number of nitrogens with zero attached hydrogens (tertiary/aromatic N) is 2. The van der Waals surface area contributed by atoms with Crippen molar-refractivity contribution in [3.05, 3.63) is 57.9 Å². The van der Waals surface area contributed by atoms with E-state index in [0.29, 0.717) is 39.3 Å². The summed E-state index contributed by atoms with van der Waals surface area (Å²) in [4.78, 5) is 13.0. The fraction of sp³-hybridized carbons (Fsp3) is 0.300. The average molecular weight is 433 g/mol. The van der Waals surface area contributed by atoms with Crippen molar-refractivity contribution < 1.29 is 17.9 Å². The van der Waals surface area contributed by atoms with Gasteiger partial charge in [-0.3, -0.25) is 8.75 Å². The van der Waals surface area contributed by atoms with E-state index in [1.54, 1.807) is 36.4 Å². The van der Waals surface area contributed by atoms with Crippen LogP contribution in [0.5, 0.6) is 11.5 Å². The molecular formula is C20H20N2O5S2. The monoisotopic (exact) mass is 432 g/mol. The lowest BCUT2D eigenvalue weighted by Gasteiger charge is -2.19. The standard InChI is InChI=1S/C20H20N2O5S2/c1-4-27-18-10-13(8-9-17(18)26-2)16(12-29(3,24)25)22-20(23)15-7-5-6-14(11-21)19(15)28-22/h5-10,16H,4,12H2,1-3H3/t16-/m1/s1. The number of sulfone groups is 1. The number of benzene rings is 2. The van der Waals surface area contributed by atoms with Crippen LogP contribution in [0.4, 0.5) is 0 Å². The molecule has 0 fully saturated rings. The second-order valence-electron chi connectivity index (χ2n) is 6.47. The van der Waals surface area contributed by atoms with Crippen LogP contribution >= 0.6 is 11.5 Å². The van der Waals surface area contributed by atoms with Crippen LogP contribution in [0.15, 0.2) is 41.2 Å². The van der Waals surface area contributed by atoms with Gasteiger partial charge in [-0.2, -0.15) is 5.26 Å². The lowest BCUT2D eigenvalue weighted by molar-refractivity contribution is 0.310. The molecule has 3 aromatic rings. The van der Waals surface area contributed by atoms with Crippen LogP contribution in [0.1, 0.15) is 24.1 Å². The molecule has 1 atom stereocenters. The van der Waals surface area contributed by atoms with E-state index in [1.807, 2.05) is 6.92 Å². The quantitative estimate of drug-likeness (QED) is 0.569. The number of aromatic nitrogens is 1. The van der Waals surface area contributed by atoms with Gasteiger partial charge in [0.05, 0.1) is 41.2 Å². The van der Waals surface area contributed by atoms with Crippen LogP contribution in [-0.2, 0) is 9.84 Å². The van der Waals surface area contributed by atoms with Crippen LogP contribution < -0.4 is 15.0 Å². The summed E-state index contributed by atoms with van der Waals surface area (Å²) in [5.41, 5.74) is 0.655. The van der Waals surface area contributed by atoms with Crippen molar-refractivity contribution in [3.8, 4) is 17.6 Å². The van der Waals surface area contributed by atoms with Gasteiger partial charge in [0.2, 0.25) is 0 Å². The molecule has 0 unspecified atom stereocenters. The molecule has 1 heterocycles. The molecule has 0 saturated carbocycles. The molecule has 0 saturated heterocycles. The normalized spacial score (nSPS) is 12.5. The molecule has 152 valence electrons. The van der Waals surface area contributed by atoms with E-state index in [4.69, 9.17) is 9.47 Å². The van der Waals surface area contributed by atoms with Gasteiger partial charge in [0.1, 0.15) is 15.9 Å². The molecule has 0 N–H and O–H groups in total. The zero-order chi connectivity index (χ0) is 21.2. The van der Waals surface area contributed by atoms with Crippen molar-refractivity contribution in [3.63, 3.8) is 0 Å². The van der Waals surface area contributed by atoms with Gasteiger partial charge in [-0.15, -0.1) is 0 Å². The van der Waals surface area contributed by atoms with Crippen molar-refractivity contribution in [1.29, 1.82) is 5.26 Å². The Kier molecular flexibility index (Phi) is 5.96. The first kappa shape index (κ1) is 20.9. The van der Waals surface area contributed by atoms with Gasteiger partial charge < -0.3 is 9.47 Å². The molecule has 0 amide bonds. The lowest BCUT2D eigenvalue weighted by atomic mass is 10.1. The molecule has 0 bridgehead atoms. The molecule has 0 aliphatic carbocycles. The van der Waals surface area contributed by atoms with E-state index in [2.05, 4.69) is 6.07 Å². The fourth-order valence-corrected chi connectivity index (χ4v) is 5.29. The highest BCUT2D eigenvalue weighted by Crippen LogP contribution is 2.33. The first-order chi connectivity index (χ1) is 13.8. The Morgan fingerprint density at radius 1 is 1.24 bits per heavy atom. The Morgan fingerprint density at radius 2 is 2.00 bits per heavy atom. The Balaban J connectivity index is 2.24. The fourth-order valence-electron chi connectivity index (χ4n) is 3.11. The maximum Gasteiger partial charge on any atom is 0.269 e. The summed E-state index contributed by atoms with van der Waals surface area (Å²) >= 11 is 1.09. The minimum Gasteiger partial charge on any atom is -0.493 e. The first-order valence-electron chi connectivity index (χ1n) is 8.82. The average Bonchev–Trinajstić information content (AvgIpc) is 3.02. The van der Waals surface area contributed by atoms with Gasteiger partial charge in [-0.25, -0.2) is 8.42 Å². The highest BCUT2D eigenvalue weighted by Gasteiger charge is 2.25. The molecule has 3 rings (SSSR count). The lowest BCUT2D eigenvalue weighted by Crippen LogP contribution is -2.26. The van der Waals surface area contributed by atoms with Gasteiger partial charge in [-0.1, -0.05) is 23.7 Å². The molecule has 0 aliphatic heterocycles.